The van der Waals surface area contributed by atoms with Crippen molar-refractivity contribution in [2.45, 2.75) is 277 Å². The van der Waals surface area contributed by atoms with Gasteiger partial charge in [0.05, 0.1) is 19.8 Å². The van der Waals surface area contributed by atoms with Crippen LogP contribution < -0.4 is 0 Å². The molecular formula is C58H105O11P. The summed E-state index contributed by atoms with van der Waals surface area (Å²) in [5.74, 6) is -1.50. The van der Waals surface area contributed by atoms with E-state index in [2.05, 4.69) is 69.4 Å². The lowest BCUT2D eigenvalue weighted by atomic mass is 10.0. The molecule has 0 aromatic carbocycles. The van der Waals surface area contributed by atoms with E-state index >= 15 is 0 Å². The first-order valence-corrected chi connectivity index (χ1v) is 30.0. The van der Waals surface area contributed by atoms with E-state index in [0.29, 0.717) is 19.3 Å². The second-order valence-electron chi connectivity index (χ2n) is 19.1. The average molecular weight is 1010 g/mol. The van der Waals surface area contributed by atoms with E-state index in [1.54, 1.807) is 0 Å². The standard InChI is InChI=1S/C58H105O11P/c1-4-7-10-13-16-19-22-24-25-26-27-28-29-31-34-37-40-43-46-49-58(62)69-55(51-65-56(60)47-44-41-38-35-33-30-23-20-17-14-11-8-5-2)53-67-70(63,64)66-52-54(50-59)68-57(61)48-45-42-39-36-32-21-18-15-12-9-6-3/h8,11,15,17-18,20,30,33,54-55,59H,4-7,9-10,12-14,16,19,21-29,31-32,34-53H2,1-3H3,(H,63,64)/b11-8-,18-15-,20-17-,33-30-. The highest BCUT2D eigenvalue weighted by molar-refractivity contribution is 7.47. The molecule has 0 saturated heterocycles. The maximum atomic E-state index is 12.9. The number of allylic oxidation sites excluding steroid dienone is 8. The molecule has 0 aliphatic heterocycles. The van der Waals surface area contributed by atoms with Gasteiger partial charge >= 0.3 is 25.7 Å². The summed E-state index contributed by atoms with van der Waals surface area (Å²) in [6, 6.07) is 0. The number of phosphoric ester groups is 1. The Morgan fingerprint density at radius 3 is 1.21 bits per heavy atom. The van der Waals surface area contributed by atoms with Gasteiger partial charge in [-0.2, -0.15) is 0 Å². The second kappa shape index (κ2) is 52.8. The molecule has 11 nitrogen and oxygen atoms in total. The molecule has 12 heteroatoms. The van der Waals surface area contributed by atoms with Crippen LogP contribution in [-0.2, 0) is 42.2 Å². The molecule has 0 aromatic heterocycles. The highest BCUT2D eigenvalue weighted by Gasteiger charge is 2.28. The molecule has 3 atom stereocenters. The molecule has 408 valence electrons. The predicted octanol–water partition coefficient (Wildman–Crippen LogP) is 16.6. The highest BCUT2D eigenvalue weighted by Crippen LogP contribution is 2.43. The highest BCUT2D eigenvalue weighted by atomic mass is 31.2. The number of phosphoric acid groups is 1. The number of carbonyl (C=O) groups excluding carboxylic acids is 3. The van der Waals surface area contributed by atoms with E-state index in [4.69, 9.17) is 23.3 Å². The van der Waals surface area contributed by atoms with E-state index in [9.17, 15) is 28.9 Å². The number of hydrogen-bond donors (Lipinski definition) is 2. The molecule has 0 fully saturated rings. The molecule has 2 N–H and O–H groups in total. The zero-order chi connectivity index (χ0) is 51.3. The van der Waals surface area contributed by atoms with Gasteiger partial charge in [-0.25, -0.2) is 4.57 Å². The van der Waals surface area contributed by atoms with Gasteiger partial charge in [-0.3, -0.25) is 23.4 Å². The largest absolute Gasteiger partial charge is 0.472 e. The number of esters is 3. The molecular weight excluding hydrogens is 904 g/mol. The first kappa shape index (κ1) is 67.4. The summed E-state index contributed by atoms with van der Waals surface area (Å²) in [7, 11) is -4.75. The zero-order valence-corrected chi connectivity index (χ0v) is 45.9. The molecule has 70 heavy (non-hydrogen) atoms. The minimum atomic E-state index is -4.75. The van der Waals surface area contributed by atoms with Crippen molar-refractivity contribution in [2.24, 2.45) is 0 Å². The molecule has 0 radical (unpaired) electrons. The molecule has 0 spiro atoms. The summed E-state index contributed by atoms with van der Waals surface area (Å²) >= 11 is 0. The van der Waals surface area contributed by atoms with Crippen LogP contribution in [0.25, 0.3) is 0 Å². The molecule has 0 bridgehead atoms. The van der Waals surface area contributed by atoms with E-state index < -0.39 is 57.8 Å². The van der Waals surface area contributed by atoms with Crippen LogP contribution in [0.1, 0.15) is 265 Å². The Kier molecular flexibility index (Phi) is 50.8. The quantitative estimate of drug-likeness (QED) is 0.0197. The first-order chi connectivity index (χ1) is 34.2. The van der Waals surface area contributed by atoms with E-state index in [1.165, 1.54) is 109 Å². The lowest BCUT2D eigenvalue weighted by Gasteiger charge is -2.21. The van der Waals surface area contributed by atoms with Gasteiger partial charge in [0.1, 0.15) is 12.7 Å². The van der Waals surface area contributed by atoms with E-state index in [1.807, 2.05) is 0 Å². The third-order valence-corrected chi connectivity index (χ3v) is 13.2. The molecule has 0 aliphatic rings. The SMILES string of the molecule is CC/C=C\C/C=C\C/C=C\CCCCCC(=O)OCC(COP(=O)(O)OCC(CO)OC(=O)CCCCCCC/C=C\CCCC)OC(=O)CCCCCCCCCCCCCCCCCCCCC. The monoisotopic (exact) mass is 1010 g/mol. The number of aliphatic hydroxyl groups excluding tert-OH is 1. The van der Waals surface area contributed by atoms with Crippen LogP contribution in [-0.4, -0.2) is 66.5 Å². The van der Waals surface area contributed by atoms with Crippen molar-refractivity contribution in [2.75, 3.05) is 26.4 Å². The number of hydrogen-bond acceptors (Lipinski definition) is 10. The van der Waals surface area contributed by atoms with Crippen LogP contribution in [0.4, 0.5) is 0 Å². The first-order valence-electron chi connectivity index (χ1n) is 28.5. The van der Waals surface area contributed by atoms with Gasteiger partial charge in [-0.05, 0) is 70.6 Å². The molecule has 3 unspecified atom stereocenters. The zero-order valence-electron chi connectivity index (χ0n) is 45.0. The Morgan fingerprint density at radius 1 is 0.414 bits per heavy atom. The second-order valence-corrected chi connectivity index (χ2v) is 20.5. The van der Waals surface area contributed by atoms with Crippen molar-refractivity contribution in [3.05, 3.63) is 48.6 Å². The van der Waals surface area contributed by atoms with E-state index in [-0.39, 0.29) is 25.9 Å². The van der Waals surface area contributed by atoms with Gasteiger partial charge in [0, 0.05) is 19.3 Å². The fourth-order valence-electron chi connectivity index (χ4n) is 7.88. The van der Waals surface area contributed by atoms with Crippen LogP contribution >= 0.6 is 7.82 Å². The summed E-state index contributed by atoms with van der Waals surface area (Å²) in [4.78, 5) is 48.4. The number of rotatable bonds is 53. The third-order valence-electron chi connectivity index (χ3n) is 12.2. The van der Waals surface area contributed by atoms with Crippen LogP contribution in [0.3, 0.4) is 0 Å². The molecule has 0 rings (SSSR count). The van der Waals surface area contributed by atoms with Crippen LogP contribution in [0, 0.1) is 0 Å². The summed E-state index contributed by atoms with van der Waals surface area (Å²) in [6.45, 7) is 4.47. The van der Waals surface area contributed by atoms with Crippen LogP contribution in [0.15, 0.2) is 48.6 Å². The molecule has 0 heterocycles. The number of aliphatic hydroxyl groups is 1. The maximum Gasteiger partial charge on any atom is 0.472 e. The molecule has 0 saturated carbocycles. The topological polar surface area (TPSA) is 155 Å². The Bertz CT molecular complexity index is 1360. The number of carbonyl (C=O) groups is 3. The third kappa shape index (κ3) is 50.4. The normalized spacial score (nSPS) is 13.7. The van der Waals surface area contributed by atoms with Crippen molar-refractivity contribution < 1.29 is 52.2 Å². The summed E-state index contributed by atoms with van der Waals surface area (Å²) in [6.07, 6.45) is 55.1. The Morgan fingerprint density at radius 2 is 0.757 bits per heavy atom. The fourth-order valence-corrected chi connectivity index (χ4v) is 8.67. The number of ether oxygens (including phenoxy) is 3. The van der Waals surface area contributed by atoms with E-state index in [0.717, 1.165) is 96.3 Å². The minimum absolute atomic E-state index is 0.165. The Labute approximate surface area is 428 Å². The Balaban J connectivity index is 4.71. The van der Waals surface area contributed by atoms with Gasteiger partial charge in [0.2, 0.25) is 0 Å². The maximum absolute atomic E-state index is 12.9. The summed E-state index contributed by atoms with van der Waals surface area (Å²) in [5.41, 5.74) is 0. The molecule has 0 aliphatic carbocycles. The van der Waals surface area contributed by atoms with Crippen molar-refractivity contribution in [3.63, 3.8) is 0 Å². The van der Waals surface area contributed by atoms with Crippen LogP contribution in [0.5, 0.6) is 0 Å². The summed E-state index contributed by atoms with van der Waals surface area (Å²) in [5, 5.41) is 9.78. The average Bonchev–Trinajstić information content (AvgIpc) is 3.35. The Hall–Kier alpha value is -2.56. The van der Waals surface area contributed by atoms with Gasteiger partial charge in [-0.15, -0.1) is 0 Å². The van der Waals surface area contributed by atoms with Crippen LogP contribution in [0.2, 0.25) is 0 Å². The summed E-state index contributed by atoms with van der Waals surface area (Å²) < 4.78 is 39.4. The van der Waals surface area contributed by atoms with Gasteiger partial charge in [0.15, 0.2) is 6.10 Å². The lowest BCUT2D eigenvalue weighted by molar-refractivity contribution is -0.161. The number of unbranched alkanes of at least 4 members (excludes halogenated alkanes) is 28. The molecule has 0 aromatic rings. The lowest BCUT2D eigenvalue weighted by Crippen LogP contribution is -2.30. The smallest absolute Gasteiger partial charge is 0.462 e. The minimum Gasteiger partial charge on any atom is -0.462 e. The van der Waals surface area contributed by atoms with Gasteiger partial charge in [-0.1, -0.05) is 223 Å². The van der Waals surface area contributed by atoms with Crippen molar-refractivity contribution in [1.29, 1.82) is 0 Å². The molecule has 0 amide bonds. The van der Waals surface area contributed by atoms with Crippen molar-refractivity contribution >= 4 is 25.7 Å². The van der Waals surface area contributed by atoms with Crippen molar-refractivity contribution in [1.82, 2.24) is 0 Å². The van der Waals surface area contributed by atoms with Gasteiger partial charge in [0.25, 0.3) is 0 Å². The van der Waals surface area contributed by atoms with Crippen molar-refractivity contribution in [3.8, 4) is 0 Å². The predicted molar refractivity (Wildman–Crippen MR) is 289 cm³/mol. The fraction of sp³-hybridized carbons (Fsp3) is 0.810. The van der Waals surface area contributed by atoms with Gasteiger partial charge < -0.3 is 24.2 Å².